The van der Waals surface area contributed by atoms with E-state index in [2.05, 4.69) is 29.4 Å². The van der Waals surface area contributed by atoms with Crippen LogP contribution in [0.2, 0.25) is 0 Å². The van der Waals surface area contributed by atoms with Crippen molar-refractivity contribution in [1.82, 2.24) is 15.5 Å². The maximum Gasteiger partial charge on any atom is 0.299 e. The molecule has 0 aliphatic carbocycles. The number of nitrogens with one attached hydrogen (secondary N) is 1. The average Bonchev–Trinajstić information content (AvgIpc) is 2.87. The van der Waals surface area contributed by atoms with Crippen molar-refractivity contribution in [3.63, 3.8) is 0 Å². The Kier molecular flexibility index (Phi) is 5.31. The zero-order valence-electron chi connectivity index (χ0n) is 11.9. The summed E-state index contributed by atoms with van der Waals surface area (Å²) in [6.07, 6.45) is 0. The lowest BCUT2D eigenvalue weighted by Gasteiger charge is -2.04. The van der Waals surface area contributed by atoms with Crippen LogP contribution in [0.25, 0.3) is 0 Å². The second-order valence-electron chi connectivity index (χ2n) is 4.76. The fourth-order valence-corrected chi connectivity index (χ4v) is 2.24. The fraction of sp³-hybridized carbons (Fsp3) is 0.429. The van der Waals surface area contributed by atoms with Gasteiger partial charge >= 0.3 is 0 Å². The molecule has 0 amide bonds. The van der Waals surface area contributed by atoms with Crippen molar-refractivity contribution in [2.24, 2.45) is 5.92 Å². The van der Waals surface area contributed by atoms with Crippen LogP contribution < -0.4 is 14.8 Å². The highest BCUT2D eigenvalue weighted by Gasteiger charge is 2.06. The molecule has 0 atom stereocenters. The molecule has 0 fully saturated rings. The minimum absolute atomic E-state index is 0.552. The molecular formula is C14H19N3O2S. The molecule has 1 aromatic carbocycles. The quantitative estimate of drug-likeness (QED) is 0.850. The Balaban J connectivity index is 1.88. The van der Waals surface area contributed by atoms with Crippen molar-refractivity contribution in [1.29, 1.82) is 0 Å². The second kappa shape index (κ2) is 7.21. The minimum Gasteiger partial charge on any atom is -0.497 e. The first kappa shape index (κ1) is 14.7. The standard InChI is InChI=1S/C14H19N3O2S/c1-10(2)8-15-9-13-16-17-14(20-13)19-12-6-4-11(18-3)5-7-12/h4-7,10,15H,8-9H2,1-3H3. The van der Waals surface area contributed by atoms with Crippen LogP contribution in [-0.4, -0.2) is 23.9 Å². The second-order valence-corrected chi connectivity index (χ2v) is 5.79. The van der Waals surface area contributed by atoms with Crippen LogP contribution in [0.3, 0.4) is 0 Å². The smallest absolute Gasteiger partial charge is 0.299 e. The van der Waals surface area contributed by atoms with Gasteiger partial charge in [0.25, 0.3) is 5.19 Å². The van der Waals surface area contributed by atoms with Gasteiger partial charge in [-0.25, -0.2) is 0 Å². The first-order valence-electron chi connectivity index (χ1n) is 6.52. The number of nitrogens with zero attached hydrogens (tertiary/aromatic N) is 2. The third-order valence-electron chi connectivity index (χ3n) is 2.54. The summed E-state index contributed by atoms with van der Waals surface area (Å²) in [7, 11) is 1.64. The summed E-state index contributed by atoms with van der Waals surface area (Å²) in [5.74, 6) is 2.15. The van der Waals surface area contributed by atoms with Gasteiger partial charge in [0.1, 0.15) is 16.5 Å². The Morgan fingerprint density at radius 1 is 1.15 bits per heavy atom. The van der Waals surface area contributed by atoms with Crippen molar-refractivity contribution in [3.05, 3.63) is 29.3 Å². The number of hydrogen-bond acceptors (Lipinski definition) is 6. The average molecular weight is 293 g/mol. The van der Waals surface area contributed by atoms with Crippen molar-refractivity contribution < 1.29 is 9.47 Å². The normalized spacial score (nSPS) is 10.8. The Morgan fingerprint density at radius 2 is 1.85 bits per heavy atom. The summed E-state index contributed by atoms with van der Waals surface area (Å²) >= 11 is 1.45. The van der Waals surface area contributed by atoms with Gasteiger partial charge in [0, 0.05) is 6.54 Å². The van der Waals surface area contributed by atoms with Crippen molar-refractivity contribution >= 4 is 11.3 Å². The van der Waals surface area contributed by atoms with Crippen LogP contribution in [0.15, 0.2) is 24.3 Å². The minimum atomic E-state index is 0.552. The topological polar surface area (TPSA) is 56.3 Å². The molecule has 1 aromatic heterocycles. The number of ether oxygens (including phenoxy) is 2. The molecule has 0 bridgehead atoms. The van der Waals surface area contributed by atoms with E-state index >= 15 is 0 Å². The van der Waals surface area contributed by atoms with E-state index in [1.54, 1.807) is 7.11 Å². The van der Waals surface area contributed by atoms with Crippen LogP contribution in [0.5, 0.6) is 16.7 Å². The third kappa shape index (κ3) is 4.47. The molecule has 0 unspecified atom stereocenters. The zero-order valence-corrected chi connectivity index (χ0v) is 12.7. The molecule has 20 heavy (non-hydrogen) atoms. The highest BCUT2D eigenvalue weighted by molar-refractivity contribution is 7.13. The van der Waals surface area contributed by atoms with Crippen LogP contribution in [0.4, 0.5) is 0 Å². The molecule has 2 rings (SSSR count). The Hall–Kier alpha value is -1.66. The summed E-state index contributed by atoms with van der Waals surface area (Å²) in [5.41, 5.74) is 0. The summed E-state index contributed by atoms with van der Waals surface area (Å²) in [4.78, 5) is 0. The lowest BCUT2D eigenvalue weighted by molar-refractivity contribution is 0.412. The van der Waals surface area contributed by atoms with E-state index < -0.39 is 0 Å². The van der Waals surface area contributed by atoms with Gasteiger partial charge in [-0.1, -0.05) is 30.3 Å². The molecule has 0 spiro atoms. The molecule has 0 aliphatic rings. The molecule has 1 heterocycles. The zero-order chi connectivity index (χ0) is 14.4. The van der Waals surface area contributed by atoms with Gasteiger partial charge in [-0.2, -0.15) is 0 Å². The lowest BCUT2D eigenvalue weighted by atomic mass is 10.2. The summed E-state index contributed by atoms with van der Waals surface area (Å²) < 4.78 is 10.7. The third-order valence-corrected chi connectivity index (χ3v) is 3.34. The predicted molar refractivity (Wildman–Crippen MR) is 79.5 cm³/mol. The highest BCUT2D eigenvalue weighted by Crippen LogP contribution is 2.26. The number of methoxy groups -OCH3 is 1. The van der Waals surface area contributed by atoms with E-state index in [0.29, 0.717) is 11.1 Å². The molecule has 5 nitrogen and oxygen atoms in total. The van der Waals surface area contributed by atoms with Crippen LogP contribution in [-0.2, 0) is 6.54 Å². The van der Waals surface area contributed by atoms with E-state index in [1.165, 1.54) is 11.3 Å². The van der Waals surface area contributed by atoms with Crippen LogP contribution in [0.1, 0.15) is 18.9 Å². The van der Waals surface area contributed by atoms with Gasteiger partial charge < -0.3 is 14.8 Å². The maximum atomic E-state index is 5.65. The van der Waals surface area contributed by atoms with Crippen LogP contribution >= 0.6 is 11.3 Å². The monoisotopic (exact) mass is 293 g/mol. The van der Waals surface area contributed by atoms with Crippen LogP contribution in [0, 0.1) is 5.92 Å². The Morgan fingerprint density at radius 3 is 2.50 bits per heavy atom. The molecule has 6 heteroatoms. The first-order valence-corrected chi connectivity index (χ1v) is 7.34. The largest absolute Gasteiger partial charge is 0.497 e. The SMILES string of the molecule is COc1ccc(Oc2nnc(CNCC(C)C)s2)cc1. The van der Waals surface area contributed by atoms with Gasteiger partial charge in [0.2, 0.25) is 0 Å². The highest BCUT2D eigenvalue weighted by atomic mass is 32.1. The number of rotatable bonds is 7. The fourth-order valence-electron chi connectivity index (χ4n) is 1.56. The van der Waals surface area contributed by atoms with E-state index in [9.17, 15) is 0 Å². The molecule has 0 radical (unpaired) electrons. The molecule has 0 aliphatic heterocycles. The van der Waals surface area contributed by atoms with Gasteiger partial charge in [0.15, 0.2) is 0 Å². The van der Waals surface area contributed by atoms with Gasteiger partial charge in [0.05, 0.1) is 7.11 Å². The first-order chi connectivity index (χ1) is 9.67. The molecular weight excluding hydrogens is 274 g/mol. The summed E-state index contributed by atoms with van der Waals surface area (Å²) in [5, 5.41) is 12.9. The van der Waals surface area contributed by atoms with E-state index in [4.69, 9.17) is 9.47 Å². The number of hydrogen-bond donors (Lipinski definition) is 1. The number of aromatic nitrogens is 2. The van der Waals surface area contributed by atoms with Crippen molar-refractivity contribution in [2.75, 3.05) is 13.7 Å². The van der Waals surface area contributed by atoms with Gasteiger partial charge in [-0.15, -0.1) is 5.10 Å². The summed E-state index contributed by atoms with van der Waals surface area (Å²) in [6, 6.07) is 7.39. The van der Waals surface area contributed by atoms with Crippen molar-refractivity contribution in [3.8, 4) is 16.7 Å². The van der Waals surface area contributed by atoms with Gasteiger partial charge in [-0.3, -0.25) is 0 Å². The van der Waals surface area contributed by atoms with E-state index in [-0.39, 0.29) is 0 Å². The molecule has 1 N–H and O–H groups in total. The summed E-state index contributed by atoms with van der Waals surface area (Å²) in [6.45, 7) is 6.03. The molecule has 0 saturated carbocycles. The molecule has 0 saturated heterocycles. The lowest BCUT2D eigenvalue weighted by Crippen LogP contribution is -2.18. The van der Waals surface area contributed by atoms with E-state index in [0.717, 1.165) is 29.6 Å². The Bertz CT molecular complexity index is 525. The number of benzene rings is 1. The van der Waals surface area contributed by atoms with E-state index in [1.807, 2.05) is 24.3 Å². The molecule has 2 aromatic rings. The maximum absolute atomic E-state index is 5.65. The predicted octanol–water partition coefficient (Wildman–Crippen LogP) is 3.08. The molecule has 108 valence electrons. The Labute approximate surface area is 123 Å². The van der Waals surface area contributed by atoms with Crippen molar-refractivity contribution in [2.45, 2.75) is 20.4 Å². The van der Waals surface area contributed by atoms with Gasteiger partial charge in [-0.05, 0) is 36.7 Å².